The molecule has 0 aliphatic heterocycles. The van der Waals surface area contributed by atoms with Gasteiger partial charge in [-0.3, -0.25) is 0 Å². The maximum Gasteiger partial charge on any atom is 0.124 e. The summed E-state index contributed by atoms with van der Waals surface area (Å²) in [4.78, 5) is 0. The van der Waals surface area contributed by atoms with E-state index < -0.39 is 0 Å². The van der Waals surface area contributed by atoms with Crippen molar-refractivity contribution in [1.82, 2.24) is 5.32 Å². The monoisotopic (exact) mass is 219 g/mol. The molecule has 0 radical (unpaired) electrons. The van der Waals surface area contributed by atoms with E-state index in [1.54, 1.807) is 0 Å². The predicted octanol–water partition coefficient (Wildman–Crippen LogP) is 3.15. The number of benzene rings is 1. The summed E-state index contributed by atoms with van der Waals surface area (Å²) in [5, 5.41) is 3.42. The van der Waals surface area contributed by atoms with Gasteiger partial charge in [-0.2, -0.15) is 0 Å². The summed E-state index contributed by atoms with van der Waals surface area (Å²) in [5.74, 6) is 1.85. The number of nitrogens with one attached hydrogen (secondary N) is 1. The van der Waals surface area contributed by atoms with Crippen LogP contribution in [-0.4, -0.2) is 13.7 Å². The molecule has 0 bridgehead atoms. The third-order valence-electron chi connectivity index (χ3n) is 3.12. The maximum absolute atomic E-state index is 5.81. The van der Waals surface area contributed by atoms with Crippen LogP contribution >= 0.6 is 0 Å². The second-order valence-electron chi connectivity index (χ2n) is 4.49. The van der Waals surface area contributed by atoms with Crippen LogP contribution in [0.5, 0.6) is 5.75 Å². The summed E-state index contributed by atoms with van der Waals surface area (Å²) in [6.07, 6.45) is 3.74. The van der Waals surface area contributed by atoms with Crippen molar-refractivity contribution >= 4 is 0 Å². The first kappa shape index (κ1) is 11.5. The van der Waals surface area contributed by atoms with Crippen LogP contribution in [0.15, 0.2) is 24.3 Å². The van der Waals surface area contributed by atoms with Crippen molar-refractivity contribution in [2.24, 2.45) is 5.92 Å². The molecule has 0 aromatic heterocycles. The van der Waals surface area contributed by atoms with Crippen LogP contribution in [-0.2, 0) is 0 Å². The fourth-order valence-corrected chi connectivity index (χ4v) is 2.16. The van der Waals surface area contributed by atoms with Crippen molar-refractivity contribution in [2.45, 2.75) is 32.2 Å². The Morgan fingerprint density at radius 2 is 2.12 bits per heavy atom. The van der Waals surface area contributed by atoms with Crippen molar-refractivity contribution in [1.29, 1.82) is 0 Å². The Morgan fingerprint density at radius 1 is 1.38 bits per heavy atom. The molecule has 1 aromatic rings. The number of hydrogen-bond donors (Lipinski definition) is 1. The average Bonchev–Trinajstić information content (AvgIpc) is 3.13. The number of rotatable bonds is 6. The molecule has 2 nitrogen and oxygen atoms in total. The molecule has 0 heterocycles. The van der Waals surface area contributed by atoms with Crippen molar-refractivity contribution in [3.05, 3.63) is 29.8 Å². The summed E-state index contributed by atoms with van der Waals surface area (Å²) >= 11 is 0. The Kier molecular flexibility index (Phi) is 3.83. The largest absolute Gasteiger partial charge is 0.493 e. The second kappa shape index (κ2) is 5.35. The molecule has 1 N–H and O–H groups in total. The van der Waals surface area contributed by atoms with Gasteiger partial charge in [-0.1, -0.05) is 25.1 Å². The van der Waals surface area contributed by atoms with E-state index in [9.17, 15) is 0 Å². The zero-order valence-electron chi connectivity index (χ0n) is 10.2. The van der Waals surface area contributed by atoms with Crippen LogP contribution in [0.1, 0.15) is 37.8 Å². The third kappa shape index (κ3) is 2.56. The highest BCUT2D eigenvalue weighted by Gasteiger charge is 2.32. The Morgan fingerprint density at radius 3 is 2.75 bits per heavy atom. The summed E-state index contributed by atoms with van der Waals surface area (Å²) in [5.41, 5.74) is 1.32. The van der Waals surface area contributed by atoms with Gasteiger partial charge in [0.15, 0.2) is 0 Å². The van der Waals surface area contributed by atoms with E-state index in [2.05, 4.69) is 30.4 Å². The molecule has 16 heavy (non-hydrogen) atoms. The Bertz CT molecular complexity index is 333. The Balaban J connectivity index is 2.16. The standard InChI is InChI=1S/C14H21NO/c1-3-10-16-13-7-5-4-6-12(13)14(15-2)11-8-9-11/h4-7,11,14-15H,3,8-10H2,1-2H3. The first-order valence-electron chi connectivity index (χ1n) is 6.25. The van der Waals surface area contributed by atoms with E-state index in [0.29, 0.717) is 6.04 Å². The summed E-state index contributed by atoms with van der Waals surface area (Å²) in [6.45, 7) is 2.94. The Labute approximate surface area is 98.0 Å². The molecule has 1 atom stereocenters. The molecular formula is C14H21NO. The lowest BCUT2D eigenvalue weighted by Crippen LogP contribution is -2.19. The number of hydrogen-bond acceptors (Lipinski definition) is 2. The fraction of sp³-hybridized carbons (Fsp3) is 0.571. The van der Waals surface area contributed by atoms with Gasteiger partial charge in [-0.15, -0.1) is 0 Å². The minimum absolute atomic E-state index is 0.466. The van der Waals surface area contributed by atoms with E-state index in [1.165, 1.54) is 18.4 Å². The first-order valence-corrected chi connectivity index (χ1v) is 6.25. The van der Waals surface area contributed by atoms with Crippen molar-refractivity contribution in [3.8, 4) is 5.75 Å². The average molecular weight is 219 g/mol. The van der Waals surface area contributed by atoms with Gasteiger partial charge in [0.25, 0.3) is 0 Å². The van der Waals surface area contributed by atoms with Crippen LogP contribution in [0.25, 0.3) is 0 Å². The maximum atomic E-state index is 5.81. The smallest absolute Gasteiger partial charge is 0.124 e. The molecule has 1 fully saturated rings. The van der Waals surface area contributed by atoms with Crippen molar-refractivity contribution in [3.63, 3.8) is 0 Å². The molecule has 88 valence electrons. The predicted molar refractivity (Wildman–Crippen MR) is 66.8 cm³/mol. The molecule has 1 unspecified atom stereocenters. The van der Waals surface area contributed by atoms with Crippen LogP contribution in [0, 0.1) is 5.92 Å². The topological polar surface area (TPSA) is 21.3 Å². The molecular weight excluding hydrogens is 198 g/mol. The van der Waals surface area contributed by atoms with E-state index in [0.717, 1.165) is 24.7 Å². The van der Waals surface area contributed by atoms with E-state index in [4.69, 9.17) is 4.74 Å². The van der Waals surface area contributed by atoms with E-state index >= 15 is 0 Å². The van der Waals surface area contributed by atoms with Gasteiger partial charge in [0.05, 0.1) is 6.61 Å². The quantitative estimate of drug-likeness (QED) is 0.793. The minimum Gasteiger partial charge on any atom is -0.493 e. The highest BCUT2D eigenvalue weighted by molar-refractivity contribution is 5.37. The third-order valence-corrected chi connectivity index (χ3v) is 3.12. The van der Waals surface area contributed by atoms with Gasteiger partial charge in [0.2, 0.25) is 0 Å². The Hall–Kier alpha value is -1.02. The van der Waals surface area contributed by atoms with Crippen molar-refractivity contribution in [2.75, 3.05) is 13.7 Å². The summed E-state index contributed by atoms with van der Waals surface area (Å²) < 4.78 is 5.81. The lowest BCUT2D eigenvalue weighted by atomic mass is 10.0. The van der Waals surface area contributed by atoms with Crippen LogP contribution in [0.2, 0.25) is 0 Å². The van der Waals surface area contributed by atoms with Crippen molar-refractivity contribution < 1.29 is 4.74 Å². The van der Waals surface area contributed by atoms with Gasteiger partial charge < -0.3 is 10.1 Å². The second-order valence-corrected chi connectivity index (χ2v) is 4.49. The lowest BCUT2D eigenvalue weighted by molar-refractivity contribution is 0.309. The van der Waals surface area contributed by atoms with Crippen LogP contribution in [0.4, 0.5) is 0 Å². The molecule has 0 saturated heterocycles. The lowest BCUT2D eigenvalue weighted by Gasteiger charge is -2.19. The van der Waals surface area contributed by atoms with E-state index in [-0.39, 0.29) is 0 Å². The minimum atomic E-state index is 0.466. The molecule has 0 amide bonds. The van der Waals surface area contributed by atoms with Gasteiger partial charge >= 0.3 is 0 Å². The zero-order chi connectivity index (χ0) is 11.4. The van der Waals surface area contributed by atoms with Crippen LogP contribution in [0.3, 0.4) is 0 Å². The van der Waals surface area contributed by atoms with Gasteiger partial charge in [-0.05, 0) is 38.3 Å². The first-order chi connectivity index (χ1) is 7.86. The highest BCUT2D eigenvalue weighted by Crippen LogP contribution is 2.43. The molecule has 2 rings (SSSR count). The fourth-order valence-electron chi connectivity index (χ4n) is 2.16. The molecule has 1 saturated carbocycles. The number of para-hydroxylation sites is 1. The highest BCUT2D eigenvalue weighted by atomic mass is 16.5. The molecule has 1 aliphatic carbocycles. The number of ether oxygens (including phenoxy) is 1. The molecule has 2 heteroatoms. The molecule has 1 aliphatic rings. The van der Waals surface area contributed by atoms with Crippen LogP contribution < -0.4 is 10.1 Å². The van der Waals surface area contributed by atoms with Gasteiger partial charge in [-0.25, -0.2) is 0 Å². The molecule has 1 aromatic carbocycles. The molecule has 0 spiro atoms. The normalized spacial score (nSPS) is 17.1. The van der Waals surface area contributed by atoms with Gasteiger partial charge in [0, 0.05) is 11.6 Å². The van der Waals surface area contributed by atoms with Gasteiger partial charge in [0.1, 0.15) is 5.75 Å². The SMILES string of the molecule is CCCOc1ccccc1C(NC)C1CC1. The summed E-state index contributed by atoms with van der Waals surface area (Å²) in [6, 6.07) is 8.88. The summed E-state index contributed by atoms with van der Waals surface area (Å²) in [7, 11) is 2.04. The zero-order valence-corrected chi connectivity index (χ0v) is 10.2. The van der Waals surface area contributed by atoms with E-state index in [1.807, 2.05) is 13.1 Å².